The van der Waals surface area contributed by atoms with E-state index in [0.717, 1.165) is 25.9 Å². The van der Waals surface area contributed by atoms with Crippen LogP contribution in [0.25, 0.3) is 0 Å². The van der Waals surface area contributed by atoms with Crippen LogP contribution in [0.2, 0.25) is 0 Å². The van der Waals surface area contributed by atoms with Crippen molar-refractivity contribution in [2.24, 2.45) is 0 Å². The van der Waals surface area contributed by atoms with Crippen LogP contribution in [0.4, 0.5) is 0 Å². The summed E-state index contributed by atoms with van der Waals surface area (Å²) >= 11 is 0. The quantitative estimate of drug-likeness (QED) is 0.685. The minimum Gasteiger partial charge on any atom is -0.317 e. The molecule has 1 aliphatic rings. The Morgan fingerprint density at radius 2 is 1.69 bits per heavy atom. The fourth-order valence-corrected chi connectivity index (χ4v) is 1.93. The first-order chi connectivity index (χ1) is 6.31. The molecule has 2 rings (SSSR count). The Morgan fingerprint density at radius 1 is 1.08 bits per heavy atom. The average molecular weight is 173 g/mol. The highest BCUT2D eigenvalue weighted by atomic mass is 14.9. The summed E-state index contributed by atoms with van der Waals surface area (Å²) in [6, 6.07) is 10.4. The summed E-state index contributed by atoms with van der Waals surface area (Å²) < 4.78 is 0. The molecule has 1 saturated heterocycles. The van der Waals surface area contributed by atoms with Gasteiger partial charge < -0.3 is 5.32 Å². The Kier molecular flexibility index (Phi) is 2.36. The highest BCUT2D eigenvalue weighted by molar-refractivity contribution is 5.27. The summed E-state index contributed by atoms with van der Waals surface area (Å²) in [6.45, 7) is 8.41. The third-order valence-electron chi connectivity index (χ3n) is 2.84. The van der Waals surface area contributed by atoms with Crippen LogP contribution in [-0.4, -0.2) is 13.1 Å². The second-order valence-electron chi connectivity index (χ2n) is 3.77. The van der Waals surface area contributed by atoms with Gasteiger partial charge in [-0.25, -0.2) is 0 Å². The third kappa shape index (κ3) is 1.75. The van der Waals surface area contributed by atoms with E-state index in [2.05, 4.69) is 29.6 Å². The van der Waals surface area contributed by atoms with Crippen molar-refractivity contribution in [3.05, 3.63) is 42.8 Å². The van der Waals surface area contributed by atoms with Gasteiger partial charge in [0.25, 0.3) is 0 Å². The highest BCUT2D eigenvalue weighted by Gasteiger charge is 2.28. The lowest BCUT2D eigenvalue weighted by molar-refractivity contribution is 0.370. The second kappa shape index (κ2) is 3.51. The van der Waals surface area contributed by atoms with Gasteiger partial charge in [0.05, 0.1) is 0 Å². The molecule has 0 saturated carbocycles. The smallest absolute Gasteiger partial charge is 0.00115 e. The summed E-state index contributed by atoms with van der Waals surface area (Å²) in [7, 11) is 0. The van der Waals surface area contributed by atoms with Crippen LogP contribution in [0.15, 0.2) is 30.3 Å². The van der Waals surface area contributed by atoms with Gasteiger partial charge in [-0.1, -0.05) is 30.3 Å². The van der Waals surface area contributed by atoms with E-state index < -0.39 is 0 Å². The Hall–Kier alpha value is -0.820. The summed E-state index contributed by atoms with van der Waals surface area (Å²) in [6.07, 6.45) is 2.08. The van der Waals surface area contributed by atoms with Crippen LogP contribution < -0.4 is 5.32 Å². The van der Waals surface area contributed by atoms with Gasteiger partial charge in [-0.15, -0.1) is 0 Å². The maximum Gasteiger partial charge on any atom is 0.00115 e. The van der Waals surface area contributed by atoms with Crippen LogP contribution in [0.3, 0.4) is 0 Å². The fraction of sp³-hybridized carbons (Fsp3) is 0.417. The normalized spacial score (nSPS) is 21.3. The zero-order valence-corrected chi connectivity index (χ0v) is 7.79. The standard InChI is InChI=1S/C12H15N/c1-12(7-9-13-10-8-12)11-5-3-2-4-6-11/h1-6,13H,7-10H2. The molecule has 1 N–H and O–H groups in total. The maximum absolute atomic E-state index is 6.34. The van der Waals surface area contributed by atoms with Crippen LogP contribution >= 0.6 is 0 Å². The van der Waals surface area contributed by atoms with Crippen molar-refractivity contribution >= 4 is 0 Å². The minimum atomic E-state index is -0.0908. The van der Waals surface area contributed by atoms with Gasteiger partial charge in [0.2, 0.25) is 0 Å². The largest absolute Gasteiger partial charge is 0.317 e. The molecule has 2 radical (unpaired) electrons. The molecule has 1 heteroatoms. The first-order valence-corrected chi connectivity index (χ1v) is 4.86. The monoisotopic (exact) mass is 173 g/mol. The number of rotatable bonds is 1. The predicted molar refractivity (Wildman–Crippen MR) is 54.5 cm³/mol. The molecule has 1 aromatic carbocycles. The van der Waals surface area contributed by atoms with Crippen molar-refractivity contribution in [3.8, 4) is 0 Å². The van der Waals surface area contributed by atoms with Gasteiger partial charge >= 0.3 is 0 Å². The number of benzene rings is 1. The van der Waals surface area contributed by atoms with Crippen molar-refractivity contribution < 1.29 is 0 Å². The Balaban J connectivity index is 2.23. The predicted octanol–water partition coefficient (Wildman–Crippen LogP) is 2.02. The molecule has 1 fully saturated rings. The molecule has 68 valence electrons. The molecule has 0 bridgehead atoms. The number of nitrogens with one attached hydrogen (secondary N) is 1. The Bertz CT molecular complexity index is 260. The first-order valence-electron chi connectivity index (χ1n) is 4.86. The molecular formula is C12H15N. The lowest BCUT2D eigenvalue weighted by Gasteiger charge is -2.34. The Morgan fingerprint density at radius 3 is 2.31 bits per heavy atom. The van der Waals surface area contributed by atoms with Crippen LogP contribution in [0.5, 0.6) is 0 Å². The zero-order chi connectivity index (χ0) is 9.15. The molecular weight excluding hydrogens is 158 g/mol. The molecule has 1 heterocycles. The third-order valence-corrected chi connectivity index (χ3v) is 2.84. The maximum atomic E-state index is 6.34. The summed E-state index contributed by atoms with van der Waals surface area (Å²) in [5.41, 5.74) is 1.18. The van der Waals surface area contributed by atoms with Crippen molar-refractivity contribution in [3.63, 3.8) is 0 Å². The van der Waals surface area contributed by atoms with E-state index >= 15 is 0 Å². The van der Waals surface area contributed by atoms with Crippen molar-refractivity contribution in [1.29, 1.82) is 0 Å². The van der Waals surface area contributed by atoms with Crippen molar-refractivity contribution in [1.82, 2.24) is 5.32 Å². The van der Waals surface area contributed by atoms with E-state index in [9.17, 15) is 0 Å². The first kappa shape index (κ1) is 8.76. The molecule has 0 unspecified atom stereocenters. The molecule has 0 aromatic heterocycles. The van der Waals surface area contributed by atoms with Gasteiger partial charge in [-0.2, -0.15) is 0 Å². The van der Waals surface area contributed by atoms with E-state index in [1.807, 2.05) is 6.07 Å². The van der Waals surface area contributed by atoms with Gasteiger partial charge in [0.15, 0.2) is 0 Å². The van der Waals surface area contributed by atoms with E-state index in [4.69, 9.17) is 6.92 Å². The number of hydrogen-bond donors (Lipinski definition) is 1. The summed E-state index contributed by atoms with van der Waals surface area (Å²) in [4.78, 5) is 0. The van der Waals surface area contributed by atoms with Crippen molar-refractivity contribution in [2.75, 3.05) is 13.1 Å². The number of hydrogen-bond acceptors (Lipinski definition) is 1. The van der Waals surface area contributed by atoms with E-state index in [0.29, 0.717) is 0 Å². The summed E-state index contributed by atoms with van der Waals surface area (Å²) in [5.74, 6) is 0. The molecule has 0 spiro atoms. The van der Waals surface area contributed by atoms with Crippen LogP contribution in [-0.2, 0) is 5.41 Å². The van der Waals surface area contributed by atoms with E-state index in [1.54, 1.807) is 0 Å². The van der Waals surface area contributed by atoms with Crippen molar-refractivity contribution in [2.45, 2.75) is 18.3 Å². The second-order valence-corrected chi connectivity index (χ2v) is 3.77. The molecule has 1 aromatic rings. The van der Waals surface area contributed by atoms with Gasteiger partial charge in [-0.3, -0.25) is 0 Å². The van der Waals surface area contributed by atoms with Gasteiger partial charge in [0, 0.05) is 5.41 Å². The topological polar surface area (TPSA) is 12.0 Å². The molecule has 1 nitrogen and oxygen atoms in total. The fourth-order valence-electron chi connectivity index (χ4n) is 1.93. The zero-order valence-electron chi connectivity index (χ0n) is 7.79. The lowest BCUT2D eigenvalue weighted by atomic mass is 9.75. The average Bonchev–Trinajstić information content (AvgIpc) is 2.20. The van der Waals surface area contributed by atoms with E-state index in [1.165, 1.54) is 5.56 Å². The number of piperidine rings is 1. The van der Waals surface area contributed by atoms with E-state index in [-0.39, 0.29) is 5.41 Å². The SMILES string of the molecule is [CH]C1(c2ccccc2)CCNCC1. The molecule has 0 atom stereocenters. The lowest BCUT2D eigenvalue weighted by Crippen LogP contribution is -2.37. The highest BCUT2D eigenvalue weighted by Crippen LogP contribution is 2.31. The van der Waals surface area contributed by atoms with Gasteiger partial charge in [0.1, 0.15) is 0 Å². The summed E-state index contributed by atoms with van der Waals surface area (Å²) in [5, 5.41) is 3.33. The van der Waals surface area contributed by atoms with Gasteiger partial charge in [-0.05, 0) is 38.4 Å². The van der Waals surface area contributed by atoms with Crippen LogP contribution in [0, 0.1) is 6.92 Å². The molecule has 0 aliphatic carbocycles. The molecule has 13 heavy (non-hydrogen) atoms. The van der Waals surface area contributed by atoms with Crippen LogP contribution in [0.1, 0.15) is 18.4 Å². The Labute approximate surface area is 80.2 Å². The molecule has 1 aliphatic heterocycles. The minimum absolute atomic E-state index is 0.0908. The molecule has 0 amide bonds.